The van der Waals surface area contributed by atoms with E-state index in [1.54, 1.807) is 42.2 Å². The first kappa shape index (κ1) is 14.4. The summed E-state index contributed by atoms with van der Waals surface area (Å²) in [4.78, 5) is 16.1. The van der Waals surface area contributed by atoms with Gasteiger partial charge in [0.2, 0.25) is 0 Å². The number of halogens is 2. The van der Waals surface area contributed by atoms with Gasteiger partial charge in [-0.15, -0.1) is 0 Å². The van der Waals surface area contributed by atoms with Crippen LogP contribution in [-0.4, -0.2) is 21.3 Å². The van der Waals surface area contributed by atoms with E-state index in [4.69, 9.17) is 27.9 Å². The van der Waals surface area contributed by atoms with Gasteiger partial charge in [0.15, 0.2) is 5.56 Å². The Hall–Kier alpha value is -1.04. The van der Waals surface area contributed by atoms with Gasteiger partial charge < -0.3 is 14.7 Å². The predicted molar refractivity (Wildman–Crippen MR) is 79.3 cm³/mol. The quantitative estimate of drug-likeness (QED) is 0.804. The van der Waals surface area contributed by atoms with Crippen LogP contribution in [0.2, 0.25) is 5.02 Å². The zero-order chi connectivity index (χ0) is 13.7. The Bertz CT molecular complexity index is 568. The van der Waals surface area contributed by atoms with E-state index in [1.165, 1.54) is 0 Å². The topological polar surface area (TPSA) is 57.9 Å². The molecule has 1 atom stereocenters. The number of thioether (sulfide) groups is 1. The second kappa shape index (κ2) is 6.93. The fraction of sp³-hybridized carbons (Fsp3) is 0.250. The molecule has 0 aliphatic heterocycles. The summed E-state index contributed by atoms with van der Waals surface area (Å²) < 4.78 is 5.52. The Morgan fingerprint density at radius 3 is 2.68 bits per heavy atom. The summed E-state index contributed by atoms with van der Waals surface area (Å²) in [7, 11) is 0. The highest BCUT2D eigenvalue weighted by Gasteiger charge is 2.07. The maximum absolute atomic E-state index is 10.9. The van der Waals surface area contributed by atoms with Gasteiger partial charge in [-0.25, -0.2) is 4.79 Å². The molecule has 7 heteroatoms. The highest BCUT2D eigenvalue weighted by atomic mass is 35.5. The molecule has 0 radical (unpaired) electrons. The van der Waals surface area contributed by atoms with Crippen LogP contribution >= 0.6 is 35.0 Å². The van der Waals surface area contributed by atoms with Crippen LogP contribution in [0.3, 0.4) is 0 Å². The molecule has 1 heterocycles. The van der Waals surface area contributed by atoms with Crippen molar-refractivity contribution in [3.05, 3.63) is 51.7 Å². The number of ether oxygens (including phenoxy) is 1. The van der Waals surface area contributed by atoms with Crippen molar-refractivity contribution >= 4 is 35.0 Å². The number of hydrogen-bond acceptors (Lipinski definition) is 3. The molecule has 102 valence electrons. The zero-order valence-electron chi connectivity index (χ0n) is 9.86. The van der Waals surface area contributed by atoms with Gasteiger partial charge in [0.25, 0.3) is 0 Å². The SMILES string of the molecule is O=c1[nH]cc(CSCC(Cl)Oc2ccc(Cl)cc2)[nH]1. The van der Waals surface area contributed by atoms with Crippen molar-refractivity contribution in [3.63, 3.8) is 0 Å². The van der Waals surface area contributed by atoms with Crippen LogP contribution in [0.5, 0.6) is 5.75 Å². The number of rotatable bonds is 6. The molecule has 2 N–H and O–H groups in total. The smallest absolute Gasteiger partial charge is 0.323 e. The molecular weight excluding hydrogens is 307 g/mol. The molecule has 2 aromatic rings. The number of benzene rings is 1. The molecule has 1 unspecified atom stereocenters. The van der Waals surface area contributed by atoms with Crippen LogP contribution in [0.15, 0.2) is 35.3 Å². The van der Waals surface area contributed by atoms with Crippen LogP contribution < -0.4 is 10.4 Å². The van der Waals surface area contributed by atoms with Crippen molar-refractivity contribution in [1.29, 1.82) is 0 Å². The van der Waals surface area contributed by atoms with E-state index in [2.05, 4.69) is 9.97 Å². The molecule has 1 aromatic carbocycles. The number of alkyl halides is 1. The first-order valence-corrected chi connectivity index (χ1v) is 7.51. The molecule has 0 saturated carbocycles. The summed E-state index contributed by atoms with van der Waals surface area (Å²) in [5.74, 6) is 1.96. The Kier molecular flexibility index (Phi) is 5.24. The molecular formula is C12H12Cl2N2O2S. The third-order valence-electron chi connectivity index (χ3n) is 2.24. The number of imidazole rings is 1. The Balaban J connectivity index is 1.74. The molecule has 0 saturated heterocycles. The molecule has 0 spiro atoms. The molecule has 0 fully saturated rings. The van der Waals surface area contributed by atoms with Crippen molar-refractivity contribution in [2.45, 2.75) is 11.3 Å². The van der Waals surface area contributed by atoms with Gasteiger partial charge in [-0.2, -0.15) is 11.8 Å². The van der Waals surface area contributed by atoms with Gasteiger partial charge in [0.05, 0.1) is 0 Å². The minimum absolute atomic E-state index is 0.199. The molecule has 0 bridgehead atoms. The van der Waals surface area contributed by atoms with E-state index in [-0.39, 0.29) is 5.69 Å². The molecule has 19 heavy (non-hydrogen) atoms. The summed E-state index contributed by atoms with van der Waals surface area (Å²) in [6.07, 6.45) is 1.65. The standard InChI is InChI=1S/C12H12Cl2N2O2S/c13-8-1-3-10(4-2-8)18-11(14)7-19-6-9-5-15-12(17)16-9/h1-5,11H,6-7H2,(H2,15,16,17). The van der Waals surface area contributed by atoms with Crippen molar-refractivity contribution in [1.82, 2.24) is 9.97 Å². The predicted octanol–water partition coefficient (Wildman–Crippen LogP) is 3.23. The summed E-state index contributed by atoms with van der Waals surface area (Å²) in [5.41, 5.74) is 0.206. The molecule has 0 aliphatic rings. The second-order valence-electron chi connectivity index (χ2n) is 3.76. The van der Waals surface area contributed by atoms with Crippen molar-refractivity contribution in [3.8, 4) is 5.75 Å². The van der Waals surface area contributed by atoms with E-state index in [1.807, 2.05) is 0 Å². The van der Waals surface area contributed by atoms with Crippen molar-refractivity contribution in [2.24, 2.45) is 0 Å². The second-order valence-corrected chi connectivity index (χ2v) is 5.72. The third-order valence-corrected chi connectivity index (χ3v) is 3.97. The number of nitrogens with one attached hydrogen (secondary N) is 2. The highest BCUT2D eigenvalue weighted by molar-refractivity contribution is 7.98. The molecule has 2 rings (SSSR count). The lowest BCUT2D eigenvalue weighted by Crippen LogP contribution is -2.11. The van der Waals surface area contributed by atoms with E-state index in [0.29, 0.717) is 22.3 Å². The molecule has 0 amide bonds. The first-order valence-electron chi connectivity index (χ1n) is 5.54. The number of hydrogen-bond donors (Lipinski definition) is 2. The zero-order valence-corrected chi connectivity index (χ0v) is 12.2. The van der Waals surface area contributed by atoms with E-state index in [9.17, 15) is 4.79 Å². The van der Waals surface area contributed by atoms with Crippen LogP contribution in [-0.2, 0) is 5.75 Å². The minimum atomic E-state index is -0.433. The van der Waals surface area contributed by atoms with Gasteiger partial charge in [-0.05, 0) is 24.3 Å². The van der Waals surface area contributed by atoms with E-state index in [0.717, 1.165) is 5.69 Å². The van der Waals surface area contributed by atoms with E-state index >= 15 is 0 Å². The number of aromatic amines is 2. The van der Waals surface area contributed by atoms with Crippen LogP contribution in [0, 0.1) is 0 Å². The number of H-pyrrole nitrogens is 2. The normalized spacial score (nSPS) is 12.3. The summed E-state index contributed by atoms with van der Waals surface area (Å²) in [6, 6.07) is 7.04. The van der Waals surface area contributed by atoms with Crippen molar-refractivity contribution in [2.75, 3.05) is 5.75 Å². The fourth-order valence-corrected chi connectivity index (χ4v) is 2.65. The first-order chi connectivity index (χ1) is 9.13. The molecule has 1 aromatic heterocycles. The summed E-state index contributed by atoms with van der Waals surface area (Å²) in [5, 5.41) is 0.657. The summed E-state index contributed by atoms with van der Waals surface area (Å²) in [6.45, 7) is 0. The van der Waals surface area contributed by atoms with Crippen LogP contribution in [0.25, 0.3) is 0 Å². The lowest BCUT2D eigenvalue weighted by molar-refractivity contribution is 0.305. The molecule has 0 aliphatic carbocycles. The van der Waals surface area contributed by atoms with Gasteiger partial charge in [0.1, 0.15) is 5.75 Å². The number of aromatic nitrogens is 2. The largest absolute Gasteiger partial charge is 0.474 e. The van der Waals surface area contributed by atoms with Gasteiger partial charge in [-0.1, -0.05) is 23.2 Å². The van der Waals surface area contributed by atoms with Crippen molar-refractivity contribution < 1.29 is 4.74 Å². The maximum atomic E-state index is 10.9. The minimum Gasteiger partial charge on any atom is -0.474 e. The van der Waals surface area contributed by atoms with E-state index < -0.39 is 5.56 Å². The fourth-order valence-electron chi connectivity index (χ4n) is 1.40. The Morgan fingerprint density at radius 2 is 2.05 bits per heavy atom. The lowest BCUT2D eigenvalue weighted by atomic mass is 10.3. The average Bonchev–Trinajstić information content (AvgIpc) is 2.78. The Morgan fingerprint density at radius 1 is 1.32 bits per heavy atom. The van der Waals surface area contributed by atoms with Gasteiger partial charge in [0, 0.05) is 28.4 Å². The Labute approximate surface area is 124 Å². The molecule has 4 nitrogen and oxygen atoms in total. The lowest BCUT2D eigenvalue weighted by Gasteiger charge is -2.12. The van der Waals surface area contributed by atoms with Gasteiger partial charge >= 0.3 is 5.69 Å². The summed E-state index contributed by atoms with van der Waals surface area (Å²) >= 11 is 13.4. The van der Waals surface area contributed by atoms with Crippen LogP contribution in [0.1, 0.15) is 5.69 Å². The highest BCUT2D eigenvalue weighted by Crippen LogP contribution is 2.20. The maximum Gasteiger partial charge on any atom is 0.323 e. The van der Waals surface area contributed by atoms with Gasteiger partial charge in [-0.3, -0.25) is 0 Å². The third kappa shape index (κ3) is 4.86. The van der Waals surface area contributed by atoms with Crippen LogP contribution in [0.4, 0.5) is 0 Å². The average molecular weight is 319 g/mol. The monoisotopic (exact) mass is 318 g/mol.